The van der Waals surface area contributed by atoms with Crippen LogP contribution in [0.1, 0.15) is 30.6 Å². The Hall–Kier alpha value is -1.62. The molecule has 0 bridgehead atoms. The second kappa shape index (κ2) is 7.41. The van der Waals surface area contributed by atoms with E-state index < -0.39 is 0 Å². The summed E-state index contributed by atoms with van der Waals surface area (Å²) < 4.78 is 1.70. The Morgan fingerprint density at radius 2 is 2.05 bits per heavy atom. The minimum Gasteiger partial charge on any atom is -0.351 e. The summed E-state index contributed by atoms with van der Waals surface area (Å²) in [4.78, 5) is 12.4. The van der Waals surface area contributed by atoms with Gasteiger partial charge in [-0.2, -0.15) is 5.10 Å². The first-order chi connectivity index (χ1) is 10.1. The standard InChI is InChI=1S/C16H20BrN3O/c1-12(2)8-14(17)10-18-16(21)13-9-19-20(11-13)15-6-4-3-5-7-15/h3-7,9,11-12,14H,8,10H2,1-2H3,(H,18,21). The van der Waals surface area contributed by atoms with E-state index in [1.54, 1.807) is 17.1 Å². The summed E-state index contributed by atoms with van der Waals surface area (Å²) in [5.41, 5.74) is 1.51. The third kappa shape index (κ3) is 4.70. The summed E-state index contributed by atoms with van der Waals surface area (Å²) >= 11 is 3.59. The number of aromatic nitrogens is 2. The topological polar surface area (TPSA) is 46.9 Å². The second-order valence-corrected chi connectivity index (χ2v) is 6.74. The van der Waals surface area contributed by atoms with Crippen molar-refractivity contribution in [3.63, 3.8) is 0 Å². The van der Waals surface area contributed by atoms with E-state index in [0.717, 1.165) is 12.1 Å². The Morgan fingerprint density at radius 1 is 1.33 bits per heavy atom. The number of nitrogens with zero attached hydrogens (tertiary/aromatic N) is 2. The van der Waals surface area contributed by atoms with Crippen LogP contribution >= 0.6 is 15.9 Å². The predicted molar refractivity (Wildman–Crippen MR) is 88.1 cm³/mol. The van der Waals surface area contributed by atoms with Gasteiger partial charge in [-0.25, -0.2) is 4.68 Å². The Morgan fingerprint density at radius 3 is 2.71 bits per heavy atom. The fourth-order valence-electron chi connectivity index (χ4n) is 2.06. The van der Waals surface area contributed by atoms with Crippen LogP contribution in [-0.4, -0.2) is 27.1 Å². The highest BCUT2D eigenvalue weighted by Crippen LogP contribution is 2.12. The van der Waals surface area contributed by atoms with E-state index in [0.29, 0.717) is 22.9 Å². The largest absolute Gasteiger partial charge is 0.351 e. The summed E-state index contributed by atoms with van der Waals surface area (Å²) in [5.74, 6) is 0.512. The van der Waals surface area contributed by atoms with Crippen molar-refractivity contribution in [1.82, 2.24) is 15.1 Å². The predicted octanol–water partition coefficient (Wildman–Crippen LogP) is 3.41. The van der Waals surface area contributed by atoms with Crippen molar-refractivity contribution in [3.8, 4) is 5.69 Å². The third-order valence-electron chi connectivity index (χ3n) is 3.08. The molecule has 0 saturated carbocycles. The Kier molecular flexibility index (Phi) is 5.56. The molecule has 0 radical (unpaired) electrons. The maximum absolute atomic E-state index is 12.1. The van der Waals surface area contributed by atoms with Crippen molar-refractivity contribution >= 4 is 21.8 Å². The molecule has 1 atom stereocenters. The van der Waals surface area contributed by atoms with Gasteiger partial charge in [-0.15, -0.1) is 0 Å². The number of hydrogen-bond acceptors (Lipinski definition) is 2. The first-order valence-electron chi connectivity index (χ1n) is 7.08. The molecular weight excluding hydrogens is 330 g/mol. The van der Waals surface area contributed by atoms with Crippen LogP contribution in [0.3, 0.4) is 0 Å². The number of hydrogen-bond donors (Lipinski definition) is 1. The van der Waals surface area contributed by atoms with Crippen molar-refractivity contribution in [2.75, 3.05) is 6.54 Å². The summed E-state index contributed by atoms with van der Waals surface area (Å²) in [6, 6.07) is 9.74. The average molecular weight is 350 g/mol. The molecule has 2 aromatic rings. The summed E-state index contributed by atoms with van der Waals surface area (Å²) in [6.45, 7) is 4.95. The van der Waals surface area contributed by atoms with Crippen LogP contribution in [0.15, 0.2) is 42.7 Å². The molecule has 0 fully saturated rings. The summed E-state index contributed by atoms with van der Waals surface area (Å²) in [5, 5.41) is 7.16. The van der Waals surface area contributed by atoms with E-state index in [9.17, 15) is 4.79 Å². The van der Waals surface area contributed by atoms with E-state index in [2.05, 4.69) is 40.2 Å². The van der Waals surface area contributed by atoms with Gasteiger partial charge < -0.3 is 5.32 Å². The SMILES string of the molecule is CC(C)CC(Br)CNC(=O)c1cnn(-c2ccccc2)c1. The number of alkyl halides is 1. The molecule has 0 aliphatic heterocycles. The van der Waals surface area contributed by atoms with Crippen molar-refractivity contribution in [2.24, 2.45) is 5.92 Å². The Labute approximate surface area is 133 Å². The van der Waals surface area contributed by atoms with Crippen molar-refractivity contribution in [2.45, 2.75) is 25.1 Å². The first kappa shape index (κ1) is 15.8. The molecule has 1 N–H and O–H groups in total. The van der Waals surface area contributed by atoms with Crippen LogP contribution in [0.2, 0.25) is 0 Å². The number of carbonyl (C=O) groups is 1. The minimum absolute atomic E-state index is 0.0922. The van der Waals surface area contributed by atoms with Crippen LogP contribution in [0.25, 0.3) is 5.69 Å². The second-order valence-electron chi connectivity index (χ2n) is 5.45. The average Bonchev–Trinajstić information content (AvgIpc) is 2.95. The summed E-state index contributed by atoms with van der Waals surface area (Å²) in [6.07, 6.45) is 4.37. The lowest BCUT2D eigenvalue weighted by atomic mass is 10.1. The lowest BCUT2D eigenvalue weighted by Crippen LogP contribution is -2.29. The van der Waals surface area contributed by atoms with Gasteiger partial charge in [0.25, 0.3) is 5.91 Å². The van der Waals surface area contributed by atoms with Crippen LogP contribution in [0, 0.1) is 5.92 Å². The van der Waals surface area contributed by atoms with Gasteiger partial charge in [-0.05, 0) is 24.5 Å². The molecule has 1 amide bonds. The van der Waals surface area contributed by atoms with Gasteiger partial charge in [-0.3, -0.25) is 4.79 Å². The number of rotatable bonds is 6. The molecule has 0 saturated heterocycles. The molecule has 0 aliphatic rings. The van der Waals surface area contributed by atoms with Crippen molar-refractivity contribution in [1.29, 1.82) is 0 Å². The highest BCUT2D eigenvalue weighted by molar-refractivity contribution is 9.09. The zero-order valence-electron chi connectivity index (χ0n) is 12.3. The smallest absolute Gasteiger partial charge is 0.254 e. The monoisotopic (exact) mass is 349 g/mol. The molecule has 0 spiro atoms. The van der Waals surface area contributed by atoms with Crippen LogP contribution in [-0.2, 0) is 0 Å². The fraction of sp³-hybridized carbons (Fsp3) is 0.375. The van der Waals surface area contributed by atoms with Gasteiger partial charge in [0.1, 0.15) is 0 Å². The highest BCUT2D eigenvalue weighted by atomic mass is 79.9. The molecule has 0 aliphatic carbocycles. The molecule has 1 heterocycles. The fourth-order valence-corrected chi connectivity index (χ4v) is 2.97. The zero-order valence-corrected chi connectivity index (χ0v) is 13.9. The van der Waals surface area contributed by atoms with Gasteiger partial charge in [-0.1, -0.05) is 48.0 Å². The minimum atomic E-state index is -0.0922. The van der Waals surface area contributed by atoms with Gasteiger partial charge >= 0.3 is 0 Å². The molecule has 1 aromatic carbocycles. The summed E-state index contributed by atoms with van der Waals surface area (Å²) in [7, 11) is 0. The molecule has 112 valence electrons. The van der Waals surface area contributed by atoms with Gasteiger partial charge in [0, 0.05) is 17.6 Å². The van der Waals surface area contributed by atoms with E-state index in [1.165, 1.54) is 0 Å². The maximum Gasteiger partial charge on any atom is 0.254 e. The molecule has 2 rings (SSSR count). The van der Waals surface area contributed by atoms with Crippen molar-refractivity contribution in [3.05, 3.63) is 48.3 Å². The van der Waals surface area contributed by atoms with E-state index in [4.69, 9.17) is 0 Å². The number of amides is 1. The van der Waals surface area contributed by atoms with Gasteiger partial charge in [0.05, 0.1) is 17.4 Å². The molecule has 5 heteroatoms. The van der Waals surface area contributed by atoms with E-state index >= 15 is 0 Å². The molecule has 21 heavy (non-hydrogen) atoms. The van der Waals surface area contributed by atoms with E-state index in [1.807, 2.05) is 30.3 Å². The number of carbonyl (C=O) groups excluding carboxylic acids is 1. The van der Waals surface area contributed by atoms with E-state index in [-0.39, 0.29) is 5.91 Å². The van der Waals surface area contributed by atoms with Crippen molar-refractivity contribution < 1.29 is 4.79 Å². The zero-order chi connectivity index (χ0) is 15.2. The number of halogens is 1. The normalized spacial score (nSPS) is 12.4. The molecule has 1 aromatic heterocycles. The molecular formula is C16H20BrN3O. The Bertz CT molecular complexity index is 580. The number of para-hydroxylation sites is 1. The Balaban J connectivity index is 1.93. The number of nitrogens with one attached hydrogen (secondary N) is 1. The third-order valence-corrected chi connectivity index (χ3v) is 3.77. The highest BCUT2D eigenvalue weighted by Gasteiger charge is 2.12. The van der Waals surface area contributed by atoms with Gasteiger partial charge in [0.15, 0.2) is 0 Å². The first-order valence-corrected chi connectivity index (χ1v) is 8.00. The molecule has 1 unspecified atom stereocenters. The van der Waals surface area contributed by atoms with Crippen LogP contribution < -0.4 is 5.32 Å². The lowest BCUT2D eigenvalue weighted by molar-refractivity contribution is 0.0953. The molecule has 4 nitrogen and oxygen atoms in total. The quantitative estimate of drug-likeness (QED) is 0.812. The van der Waals surface area contributed by atoms with Crippen LogP contribution in [0.4, 0.5) is 0 Å². The maximum atomic E-state index is 12.1. The van der Waals surface area contributed by atoms with Gasteiger partial charge in [0.2, 0.25) is 0 Å². The number of benzene rings is 1. The lowest BCUT2D eigenvalue weighted by Gasteiger charge is -2.12. The van der Waals surface area contributed by atoms with Crippen LogP contribution in [0.5, 0.6) is 0 Å².